The average Bonchev–Trinajstić information content (AvgIpc) is 2.60. The van der Waals surface area contributed by atoms with E-state index in [1.54, 1.807) is 6.07 Å². The SMILES string of the molecule is CN(C)CC(CC(=O)O)NC(=O)c1cccc(CCc2ccccc2)c1. The van der Waals surface area contributed by atoms with E-state index in [1.807, 2.05) is 55.4 Å². The summed E-state index contributed by atoms with van der Waals surface area (Å²) >= 11 is 0. The lowest BCUT2D eigenvalue weighted by Crippen LogP contribution is -2.43. The van der Waals surface area contributed by atoms with Gasteiger partial charge in [0.2, 0.25) is 0 Å². The van der Waals surface area contributed by atoms with Gasteiger partial charge in [-0.15, -0.1) is 0 Å². The molecule has 2 aromatic carbocycles. The highest BCUT2D eigenvalue weighted by atomic mass is 16.4. The number of nitrogens with one attached hydrogen (secondary N) is 1. The Labute approximate surface area is 154 Å². The van der Waals surface area contributed by atoms with Crippen molar-refractivity contribution in [2.24, 2.45) is 0 Å². The first-order valence-electron chi connectivity index (χ1n) is 8.74. The van der Waals surface area contributed by atoms with E-state index in [9.17, 15) is 9.59 Å². The van der Waals surface area contributed by atoms with Crippen molar-refractivity contribution in [2.75, 3.05) is 20.6 Å². The molecule has 5 nitrogen and oxygen atoms in total. The Hall–Kier alpha value is -2.66. The third-order valence-electron chi connectivity index (χ3n) is 4.08. The average molecular weight is 354 g/mol. The van der Waals surface area contributed by atoms with Crippen LogP contribution in [0.3, 0.4) is 0 Å². The Morgan fingerprint density at radius 3 is 2.31 bits per heavy atom. The molecule has 2 aromatic rings. The Kier molecular flexibility index (Phi) is 7.36. The molecule has 0 bridgehead atoms. The fourth-order valence-electron chi connectivity index (χ4n) is 2.88. The second-order valence-corrected chi connectivity index (χ2v) is 6.72. The van der Waals surface area contributed by atoms with Gasteiger partial charge in [-0.25, -0.2) is 0 Å². The van der Waals surface area contributed by atoms with Crippen LogP contribution in [0, 0.1) is 0 Å². The number of aryl methyl sites for hydroxylation is 2. The zero-order valence-corrected chi connectivity index (χ0v) is 15.3. The third kappa shape index (κ3) is 6.69. The van der Waals surface area contributed by atoms with Crippen LogP contribution in [0.2, 0.25) is 0 Å². The standard InChI is InChI=1S/C21H26N2O3/c1-23(2)15-19(14-20(24)25)22-21(26)18-10-6-9-17(13-18)12-11-16-7-4-3-5-8-16/h3-10,13,19H,11-12,14-15H2,1-2H3,(H,22,26)(H,24,25). The largest absolute Gasteiger partial charge is 0.481 e. The minimum atomic E-state index is -0.922. The number of rotatable bonds is 9. The minimum Gasteiger partial charge on any atom is -0.481 e. The lowest BCUT2D eigenvalue weighted by Gasteiger charge is -2.21. The van der Waals surface area contributed by atoms with Crippen molar-refractivity contribution in [3.63, 3.8) is 0 Å². The summed E-state index contributed by atoms with van der Waals surface area (Å²) in [5, 5.41) is 11.9. The summed E-state index contributed by atoms with van der Waals surface area (Å²) in [6.45, 7) is 0.478. The van der Waals surface area contributed by atoms with E-state index >= 15 is 0 Å². The van der Waals surface area contributed by atoms with Crippen LogP contribution < -0.4 is 5.32 Å². The van der Waals surface area contributed by atoms with E-state index < -0.39 is 12.0 Å². The fraction of sp³-hybridized carbons (Fsp3) is 0.333. The highest BCUT2D eigenvalue weighted by molar-refractivity contribution is 5.94. The molecule has 0 fully saturated rings. The molecule has 0 spiro atoms. The molecule has 1 unspecified atom stereocenters. The van der Waals surface area contributed by atoms with Crippen LogP contribution in [-0.4, -0.2) is 48.6 Å². The van der Waals surface area contributed by atoms with Crippen LogP contribution >= 0.6 is 0 Å². The maximum absolute atomic E-state index is 12.5. The van der Waals surface area contributed by atoms with Crippen LogP contribution in [0.5, 0.6) is 0 Å². The molecule has 1 atom stereocenters. The van der Waals surface area contributed by atoms with Crippen molar-refractivity contribution in [2.45, 2.75) is 25.3 Å². The van der Waals surface area contributed by atoms with Crippen molar-refractivity contribution < 1.29 is 14.7 Å². The Morgan fingerprint density at radius 1 is 1.00 bits per heavy atom. The number of benzene rings is 2. The molecule has 0 aromatic heterocycles. The molecule has 2 rings (SSSR count). The normalized spacial score (nSPS) is 12.0. The number of likely N-dealkylation sites (N-methyl/N-ethyl adjacent to an activating group) is 1. The summed E-state index contributed by atoms with van der Waals surface area (Å²) in [7, 11) is 3.70. The van der Waals surface area contributed by atoms with Gasteiger partial charge >= 0.3 is 5.97 Å². The van der Waals surface area contributed by atoms with Gasteiger partial charge in [0.15, 0.2) is 0 Å². The van der Waals surface area contributed by atoms with Gasteiger partial charge in [0.05, 0.1) is 12.5 Å². The van der Waals surface area contributed by atoms with E-state index in [2.05, 4.69) is 17.4 Å². The molecular weight excluding hydrogens is 328 g/mol. The maximum atomic E-state index is 12.5. The number of carbonyl (C=O) groups excluding carboxylic acids is 1. The zero-order chi connectivity index (χ0) is 18.9. The fourth-order valence-corrected chi connectivity index (χ4v) is 2.88. The second kappa shape index (κ2) is 9.73. The smallest absolute Gasteiger partial charge is 0.305 e. The molecule has 1 amide bonds. The minimum absolute atomic E-state index is 0.0996. The number of hydrogen-bond donors (Lipinski definition) is 2. The molecule has 0 saturated heterocycles. The summed E-state index contributed by atoms with van der Waals surface area (Å²) in [4.78, 5) is 25.4. The van der Waals surface area contributed by atoms with Crippen LogP contribution in [0.25, 0.3) is 0 Å². The van der Waals surface area contributed by atoms with Crippen LogP contribution in [0.1, 0.15) is 27.9 Å². The van der Waals surface area contributed by atoms with Crippen LogP contribution in [-0.2, 0) is 17.6 Å². The van der Waals surface area contributed by atoms with Crippen molar-refractivity contribution in [3.8, 4) is 0 Å². The first-order chi connectivity index (χ1) is 12.4. The van der Waals surface area contributed by atoms with E-state index in [0.29, 0.717) is 12.1 Å². The molecule has 0 heterocycles. The Bertz CT molecular complexity index is 729. The molecule has 5 heteroatoms. The van der Waals surface area contributed by atoms with Crippen molar-refractivity contribution in [3.05, 3.63) is 71.3 Å². The van der Waals surface area contributed by atoms with Gasteiger partial charge in [0.25, 0.3) is 5.91 Å². The van der Waals surface area contributed by atoms with E-state index in [1.165, 1.54) is 5.56 Å². The third-order valence-corrected chi connectivity index (χ3v) is 4.08. The number of nitrogens with zero attached hydrogens (tertiary/aromatic N) is 1. The molecule has 0 radical (unpaired) electrons. The molecular formula is C21H26N2O3. The lowest BCUT2D eigenvalue weighted by molar-refractivity contribution is -0.137. The molecule has 0 aliphatic heterocycles. The second-order valence-electron chi connectivity index (χ2n) is 6.72. The number of amides is 1. The van der Waals surface area contributed by atoms with Gasteiger partial charge in [0, 0.05) is 12.1 Å². The molecule has 2 N–H and O–H groups in total. The van der Waals surface area contributed by atoms with Gasteiger partial charge in [-0.2, -0.15) is 0 Å². The number of carboxylic acid groups (broad SMARTS) is 1. The molecule has 0 aliphatic carbocycles. The van der Waals surface area contributed by atoms with Crippen molar-refractivity contribution in [1.82, 2.24) is 10.2 Å². The molecule has 0 saturated carbocycles. The van der Waals surface area contributed by atoms with Gasteiger partial charge < -0.3 is 15.3 Å². The first kappa shape index (κ1) is 19.7. The topological polar surface area (TPSA) is 69.6 Å². The van der Waals surface area contributed by atoms with Crippen molar-refractivity contribution >= 4 is 11.9 Å². The molecule has 138 valence electrons. The zero-order valence-electron chi connectivity index (χ0n) is 15.3. The van der Waals surface area contributed by atoms with Crippen LogP contribution in [0.4, 0.5) is 0 Å². The Balaban J connectivity index is 2.00. The van der Waals surface area contributed by atoms with E-state index in [4.69, 9.17) is 5.11 Å². The van der Waals surface area contributed by atoms with Gasteiger partial charge in [-0.3, -0.25) is 9.59 Å². The number of aliphatic carboxylic acids is 1. The summed E-state index contributed by atoms with van der Waals surface area (Å²) in [6.07, 6.45) is 1.66. The summed E-state index contributed by atoms with van der Waals surface area (Å²) < 4.78 is 0. The highest BCUT2D eigenvalue weighted by Gasteiger charge is 2.18. The van der Waals surface area contributed by atoms with Crippen molar-refractivity contribution in [1.29, 1.82) is 0 Å². The lowest BCUT2D eigenvalue weighted by atomic mass is 10.0. The van der Waals surface area contributed by atoms with E-state index in [0.717, 1.165) is 18.4 Å². The Morgan fingerprint density at radius 2 is 1.65 bits per heavy atom. The highest BCUT2D eigenvalue weighted by Crippen LogP contribution is 2.10. The van der Waals surface area contributed by atoms with E-state index in [-0.39, 0.29) is 12.3 Å². The molecule has 26 heavy (non-hydrogen) atoms. The monoisotopic (exact) mass is 354 g/mol. The molecule has 0 aliphatic rings. The predicted molar refractivity (Wildman–Crippen MR) is 102 cm³/mol. The van der Waals surface area contributed by atoms with Crippen LogP contribution in [0.15, 0.2) is 54.6 Å². The summed E-state index contributed by atoms with van der Waals surface area (Å²) in [5.74, 6) is -1.16. The quantitative estimate of drug-likeness (QED) is 0.726. The number of carboxylic acids is 1. The van der Waals surface area contributed by atoms with Gasteiger partial charge in [-0.05, 0) is 50.2 Å². The van der Waals surface area contributed by atoms with Gasteiger partial charge in [-0.1, -0.05) is 42.5 Å². The maximum Gasteiger partial charge on any atom is 0.305 e. The van der Waals surface area contributed by atoms with Gasteiger partial charge in [0.1, 0.15) is 0 Å². The number of carbonyl (C=O) groups is 2. The summed E-state index contributed by atoms with van der Waals surface area (Å²) in [5.41, 5.74) is 2.91. The predicted octanol–water partition coefficient (Wildman–Crippen LogP) is 2.61. The summed E-state index contributed by atoms with van der Waals surface area (Å²) in [6, 6.07) is 17.3. The number of hydrogen-bond acceptors (Lipinski definition) is 3. The first-order valence-corrected chi connectivity index (χ1v) is 8.74.